The standard InChI is InChI=1S/C40H46Cl2/c1-25-21-27(3)39(10,24-25)40(28-11-16-31(41)17-12-28,29-13-18-32(42)19-14-29)36-33-20-15-30(37(4,5)6)23-34(33)26(2)22-35(36)38(7,8)9/h11-20,22-24,27,36H,2,21H2,1,3-10H3. The Morgan fingerprint density at radius 1 is 0.762 bits per heavy atom. The molecule has 3 unspecified atom stereocenters. The lowest BCUT2D eigenvalue weighted by atomic mass is 9.45. The first-order valence-corrected chi connectivity index (χ1v) is 16.0. The van der Waals surface area contributed by atoms with Gasteiger partial charge in [-0.1, -0.05) is 151 Å². The number of benzene rings is 3. The molecule has 0 fully saturated rings. The summed E-state index contributed by atoms with van der Waals surface area (Å²) in [5.74, 6) is 0.455. The van der Waals surface area contributed by atoms with Crippen molar-refractivity contribution in [3.63, 3.8) is 0 Å². The van der Waals surface area contributed by atoms with Gasteiger partial charge in [0, 0.05) is 26.8 Å². The Morgan fingerprint density at radius 2 is 1.26 bits per heavy atom. The van der Waals surface area contributed by atoms with Crippen LogP contribution in [0.15, 0.2) is 96.6 Å². The van der Waals surface area contributed by atoms with E-state index in [-0.39, 0.29) is 22.2 Å². The van der Waals surface area contributed by atoms with E-state index in [0.29, 0.717) is 5.92 Å². The van der Waals surface area contributed by atoms with Gasteiger partial charge in [0.05, 0.1) is 0 Å². The molecule has 3 aromatic rings. The molecule has 0 amide bonds. The van der Waals surface area contributed by atoms with Crippen molar-refractivity contribution in [3.8, 4) is 0 Å². The fraction of sp³-hybridized carbons (Fsp3) is 0.400. The van der Waals surface area contributed by atoms with E-state index < -0.39 is 5.41 Å². The van der Waals surface area contributed by atoms with Gasteiger partial charge >= 0.3 is 0 Å². The van der Waals surface area contributed by atoms with Gasteiger partial charge in [0.25, 0.3) is 0 Å². The van der Waals surface area contributed by atoms with E-state index in [0.717, 1.165) is 22.0 Å². The molecule has 2 aliphatic carbocycles. The Hall–Kier alpha value is -2.54. The molecule has 0 nitrogen and oxygen atoms in total. The van der Waals surface area contributed by atoms with E-state index >= 15 is 0 Å². The Kier molecular flexibility index (Phi) is 7.78. The summed E-state index contributed by atoms with van der Waals surface area (Å²) in [5, 5.41) is 1.50. The summed E-state index contributed by atoms with van der Waals surface area (Å²) in [5.41, 5.74) is 9.66. The van der Waals surface area contributed by atoms with Crippen molar-refractivity contribution < 1.29 is 0 Å². The van der Waals surface area contributed by atoms with Gasteiger partial charge in [-0.15, -0.1) is 0 Å². The lowest BCUT2D eigenvalue weighted by molar-refractivity contribution is 0.143. The van der Waals surface area contributed by atoms with Crippen LogP contribution in [-0.4, -0.2) is 0 Å². The second-order valence-electron chi connectivity index (χ2n) is 15.1. The van der Waals surface area contributed by atoms with Gasteiger partial charge in [-0.3, -0.25) is 0 Å². The first-order chi connectivity index (χ1) is 19.5. The third kappa shape index (κ3) is 4.93. The molecule has 0 N–H and O–H groups in total. The molecule has 2 aliphatic rings. The van der Waals surface area contributed by atoms with E-state index in [9.17, 15) is 0 Å². The minimum absolute atomic E-state index is 0.0358. The van der Waals surface area contributed by atoms with Gasteiger partial charge in [0.1, 0.15) is 0 Å². The number of allylic oxidation sites excluding steroid dienone is 5. The summed E-state index contributed by atoms with van der Waals surface area (Å²) in [4.78, 5) is 0. The third-order valence-electron chi connectivity index (χ3n) is 10.2. The normalized spacial score (nSPS) is 23.0. The molecule has 0 aromatic heterocycles. The second kappa shape index (κ2) is 10.6. The Balaban J connectivity index is 2.01. The summed E-state index contributed by atoms with van der Waals surface area (Å²) < 4.78 is 0. The zero-order valence-corrected chi connectivity index (χ0v) is 28.3. The fourth-order valence-corrected chi connectivity index (χ4v) is 8.21. The van der Waals surface area contributed by atoms with E-state index in [4.69, 9.17) is 23.2 Å². The van der Waals surface area contributed by atoms with Gasteiger partial charge < -0.3 is 0 Å². The Bertz CT molecular complexity index is 1520. The van der Waals surface area contributed by atoms with Crippen molar-refractivity contribution in [3.05, 3.63) is 134 Å². The molecule has 0 heterocycles. The molecule has 0 bridgehead atoms. The van der Waals surface area contributed by atoms with Crippen LogP contribution in [0, 0.1) is 16.7 Å². The molecular formula is C40H46Cl2. The molecule has 0 spiro atoms. The van der Waals surface area contributed by atoms with Crippen molar-refractivity contribution in [2.75, 3.05) is 0 Å². The number of fused-ring (bicyclic) bond motifs is 1. The van der Waals surface area contributed by atoms with Crippen LogP contribution in [-0.2, 0) is 10.8 Å². The van der Waals surface area contributed by atoms with Gasteiger partial charge in [-0.2, -0.15) is 0 Å². The zero-order valence-electron chi connectivity index (χ0n) is 26.8. The summed E-state index contributed by atoms with van der Waals surface area (Å²) in [6, 6.07) is 24.5. The van der Waals surface area contributed by atoms with Crippen molar-refractivity contribution >= 4 is 28.8 Å². The Morgan fingerprint density at radius 3 is 1.69 bits per heavy atom. The highest BCUT2D eigenvalue weighted by atomic mass is 35.5. The predicted octanol–water partition coefficient (Wildman–Crippen LogP) is 12.4. The number of hydrogen-bond acceptors (Lipinski definition) is 0. The van der Waals surface area contributed by atoms with Gasteiger partial charge in [0.15, 0.2) is 0 Å². The van der Waals surface area contributed by atoms with Crippen molar-refractivity contribution in [1.82, 2.24) is 0 Å². The predicted molar refractivity (Wildman–Crippen MR) is 184 cm³/mol. The minimum Gasteiger partial charge on any atom is -0.0912 e. The topological polar surface area (TPSA) is 0 Å². The molecule has 3 atom stereocenters. The molecule has 42 heavy (non-hydrogen) atoms. The van der Waals surface area contributed by atoms with Gasteiger partial charge in [-0.25, -0.2) is 0 Å². The van der Waals surface area contributed by atoms with Crippen LogP contribution in [0.5, 0.6) is 0 Å². The molecule has 5 rings (SSSR count). The quantitative estimate of drug-likeness (QED) is 0.263. The third-order valence-corrected chi connectivity index (χ3v) is 10.7. The molecule has 0 saturated heterocycles. The van der Waals surface area contributed by atoms with Crippen LogP contribution in [0.4, 0.5) is 0 Å². The molecule has 0 aliphatic heterocycles. The van der Waals surface area contributed by atoms with Crippen LogP contribution >= 0.6 is 23.2 Å². The Labute approximate surface area is 264 Å². The largest absolute Gasteiger partial charge is 0.0912 e. The number of hydrogen-bond donors (Lipinski definition) is 0. The van der Waals surface area contributed by atoms with Gasteiger partial charge in [0.2, 0.25) is 0 Å². The summed E-state index contributed by atoms with van der Waals surface area (Å²) >= 11 is 13.1. The average Bonchev–Trinajstić information content (AvgIpc) is 3.17. The summed E-state index contributed by atoms with van der Waals surface area (Å²) in [6.07, 6.45) is 6.05. The average molecular weight is 598 g/mol. The van der Waals surface area contributed by atoms with Crippen LogP contribution in [0.2, 0.25) is 10.0 Å². The molecule has 220 valence electrons. The molecule has 3 aromatic carbocycles. The fourth-order valence-electron chi connectivity index (χ4n) is 7.95. The first kappa shape index (κ1) is 30.9. The van der Waals surface area contributed by atoms with Crippen molar-refractivity contribution in [2.45, 2.75) is 85.5 Å². The molecule has 0 saturated carbocycles. The number of halogens is 2. The molecular weight excluding hydrogens is 551 g/mol. The molecule has 0 radical (unpaired) electrons. The van der Waals surface area contributed by atoms with Crippen molar-refractivity contribution in [1.29, 1.82) is 0 Å². The van der Waals surface area contributed by atoms with E-state index in [2.05, 4.69) is 148 Å². The first-order valence-electron chi connectivity index (χ1n) is 15.3. The zero-order chi connectivity index (χ0) is 30.8. The SMILES string of the molecule is C=C1C=C(C(C)(C)C)C(C(c2ccc(Cl)cc2)(c2ccc(Cl)cc2)C2(C)C=C(C)CC2C)c2ccc(C(C)(C)C)cc21. The van der Waals surface area contributed by atoms with Crippen LogP contribution < -0.4 is 0 Å². The summed E-state index contributed by atoms with van der Waals surface area (Å²) in [6.45, 7) is 25.8. The van der Waals surface area contributed by atoms with E-state index in [1.165, 1.54) is 39.0 Å². The monoisotopic (exact) mass is 596 g/mol. The maximum absolute atomic E-state index is 6.57. The van der Waals surface area contributed by atoms with E-state index in [1.54, 1.807) is 0 Å². The number of rotatable bonds is 4. The highest BCUT2D eigenvalue weighted by Crippen LogP contribution is 2.67. The second-order valence-corrected chi connectivity index (χ2v) is 15.9. The van der Waals surface area contributed by atoms with E-state index in [1.807, 2.05) is 0 Å². The lowest BCUT2D eigenvalue weighted by Gasteiger charge is -2.57. The maximum atomic E-state index is 6.57. The van der Waals surface area contributed by atoms with Crippen LogP contribution in [0.3, 0.4) is 0 Å². The van der Waals surface area contributed by atoms with Crippen LogP contribution in [0.25, 0.3) is 5.57 Å². The molecule has 2 heteroatoms. The van der Waals surface area contributed by atoms with Crippen LogP contribution in [0.1, 0.15) is 102 Å². The highest BCUT2D eigenvalue weighted by molar-refractivity contribution is 6.30. The summed E-state index contributed by atoms with van der Waals surface area (Å²) in [7, 11) is 0. The van der Waals surface area contributed by atoms with Gasteiger partial charge in [-0.05, 0) is 87.7 Å². The minimum atomic E-state index is -0.461. The maximum Gasteiger partial charge on any atom is 0.0406 e. The highest BCUT2D eigenvalue weighted by Gasteiger charge is 2.60. The smallest absolute Gasteiger partial charge is 0.0406 e. The van der Waals surface area contributed by atoms with Crippen molar-refractivity contribution in [2.24, 2.45) is 16.7 Å². The lowest BCUT2D eigenvalue weighted by Crippen LogP contribution is -2.52.